The minimum absolute atomic E-state index is 0.0367. The van der Waals surface area contributed by atoms with Crippen molar-refractivity contribution in [2.45, 2.75) is 0 Å². The highest BCUT2D eigenvalue weighted by atomic mass is 35.5. The molecule has 0 bridgehead atoms. The number of likely N-dealkylation sites (N-methyl/N-ethyl adjacent to an activating group) is 1. The van der Waals surface area contributed by atoms with Crippen LogP contribution < -0.4 is 5.32 Å². The average Bonchev–Trinajstić information content (AvgIpc) is 3.09. The fourth-order valence-electron chi connectivity index (χ4n) is 2.19. The molecule has 1 aliphatic heterocycles. The van der Waals surface area contributed by atoms with E-state index in [1.165, 1.54) is 25.3 Å². The first kappa shape index (κ1) is 15.8. The Morgan fingerprint density at radius 3 is 2.67 bits per heavy atom. The molecule has 0 saturated carbocycles. The van der Waals surface area contributed by atoms with Crippen molar-refractivity contribution < 1.29 is 23.9 Å². The number of carbonyl (C=O) groups is 3. The van der Waals surface area contributed by atoms with Crippen molar-refractivity contribution in [1.82, 2.24) is 10.2 Å². The third-order valence-electron chi connectivity index (χ3n) is 3.48. The van der Waals surface area contributed by atoms with Crippen molar-refractivity contribution in [2.75, 3.05) is 7.05 Å². The molecule has 1 aromatic carbocycles. The number of rotatable bonds is 3. The van der Waals surface area contributed by atoms with E-state index in [1.807, 2.05) is 0 Å². The molecule has 0 atom stereocenters. The van der Waals surface area contributed by atoms with Crippen LogP contribution in [0.25, 0.3) is 17.4 Å². The van der Waals surface area contributed by atoms with Gasteiger partial charge < -0.3 is 14.8 Å². The summed E-state index contributed by atoms with van der Waals surface area (Å²) in [5.74, 6) is -0.849. The van der Waals surface area contributed by atoms with Crippen LogP contribution in [0.15, 0.2) is 40.4 Å². The molecule has 8 heteroatoms. The molecule has 0 spiro atoms. The van der Waals surface area contributed by atoms with Crippen molar-refractivity contribution in [3.05, 3.63) is 52.4 Å². The Morgan fingerprint density at radius 2 is 2.04 bits per heavy atom. The van der Waals surface area contributed by atoms with Gasteiger partial charge in [0.05, 0.1) is 10.6 Å². The number of benzene rings is 1. The number of nitrogens with zero attached hydrogens (tertiary/aromatic N) is 1. The number of amides is 3. The van der Waals surface area contributed by atoms with Crippen molar-refractivity contribution >= 4 is 35.6 Å². The zero-order valence-corrected chi connectivity index (χ0v) is 13.1. The summed E-state index contributed by atoms with van der Waals surface area (Å²) in [6, 6.07) is 7.22. The lowest BCUT2D eigenvalue weighted by Gasteiger charge is -2.02. The van der Waals surface area contributed by atoms with Crippen LogP contribution in [0.5, 0.6) is 0 Å². The van der Waals surface area contributed by atoms with Gasteiger partial charge in [0.25, 0.3) is 5.91 Å². The Balaban J connectivity index is 1.92. The van der Waals surface area contributed by atoms with Crippen molar-refractivity contribution in [1.29, 1.82) is 0 Å². The molecule has 0 aliphatic carbocycles. The zero-order chi connectivity index (χ0) is 17.4. The van der Waals surface area contributed by atoms with E-state index in [0.29, 0.717) is 17.1 Å². The van der Waals surface area contributed by atoms with E-state index in [1.54, 1.807) is 18.2 Å². The molecule has 24 heavy (non-hydrogen) atoms. The third kappa shape index (κ3) is 2.77. The quantitative estimate of drug-likeness (QED) is 0.657. The molecule has 122 valence electrons. The van der Waals surface area contributed by atoms with Crippen LogP contribution in [0.2, 0.25) is 5.02 Å². The van der Waals surface area contributed by atoms with Crippen LogP contribution in [0.3, 0.4) is 0 Å². The van der Waals surface area contributed by atoms with Gasteiger partial charge in [-0.25, -0.2) is 9.59 Å². The number of hydrogen-bond donors (Lipinski definition) is 2. The van der Waals surface area contributed by atoms with Crippen LogP contribution in [0.4, 0.5) is 4.79 Å². The molecule has 2 heterocycles. The molecule has 2 aromatic rings. The van der Waals surface area contributed by atoms with Crippen LogP contribution in [-0.2, 0) is 4.79 Å². The lowest BCUT2D eigenvalue weighted by Crippen LogP contribution is -2.25. The summed E-state index contributed by atoms with van der Waals surface area (Å²) in [6.07, 6.45) is 1.40. The SMILES string of the molecule is CN1C(=O)N/C(=C\c2ccc(-c3ccc(Cl)c(C(=O)O)c3)o2)C1=O. The Bertz CT molecular complexity index is 900. The maximum Gasteiger partial charge on any atom is 0.337 e. The van der Waals surface area contributed by atoms with Gasteiger partial charge in [-0.2, -0.15) is 0 Å². The molecule has 0 radical (unpaired) electrons. The maximum atomic E-state index is 11.8. The first-order chi connectivity index (χ1) is 11.4. The summed E-state index contributed by atoms with van der Waals surface area (Å²) in [4.78, 5) is 35.3. The van der Waals surface area contributed by atoms with Gasteiger partial charge in [-0.05, 0) is 30.3 Å². The van der Waals surface area contributed by atoms with Crippen LogP contribution in [0.1, 0.15) is 16.1 Å². The number of carbonyl (C=O) groups excluding carboxylic acids is 2. The fraction of sp³-hybridized carbons (Fsp3) is 0.0625. The Kier molecular flexibility index (Phi) is 3.86. The van der Waals surface area contributed by atoms with E-state index >= 15 is 0 Å². The second-order valence-corrected chi connectivity index (χ2v) is 5.46. The Hall–Kier alpha value is -3.06. The highest BCUT2D eigenvalue weighted by molar-refractivity contribution is 6.33. The predicted octanol–water partition coefficient (Wildman–Crippen LogP) is 2.82. The van der Waals surface area contributed by atoms with Crippen LogP contribution in [0, 0.1) is 0 Å². The van der Waals surface area contributed by atoms with Gasteiger partial charge in [-0.15, -0.1) is 0 Å². The number of halogens is 1. The average molecular weight is 347 g/mol. The van der Waals surface area contributed by atoms with Crippen molar-refractivity contribution in [3.8, 4) is 11.3 Å². The first-order valence-electron chi connectivity index (χ1n) is 6.80. The van der Waals surface area contributed by atoms with Gasteiger partial charge in [-0.1, -0.05) is 11.6 Å². The molecule has 2 N–H and O–H groups in total. The maximum absolute atomic E-state index is 11.8. The number of urea groups is 1. The van der Waals surface area contributed by atoms with E-state index in [4.69, 9.17) is 21.1 Å². The van der Waals surface area contributed by atoms with E-state index < -0.39 is 17.9 Å². The van der Waals surface area contributed by atoms with Gasteiger partial charge in [0, 0.05) is 18.7 Å². The highest BCUT2D eigenvalue weighted by Gasteiger charge is 2.30. The number of furan rings is 1. The van der Waals surface area contributed by atoms with Gasteiger partial charge in [0.15, 0.2) is 0 Å². The largest absolute Gasteiger partial charge is 0.478 e. The third-order valence-corrected chi connectivity index (χ3v) is 3.81. The smallest absolute Gasteiger partial charge is 0.337 e. The van der Waals surface area contributed by atoms with E-state index in [2.05, 4.69) is 5.32 Å². The van der Waals surface area contributed by atoms with Crippen LogP contribution >= 0.6 is 11.6 Å². The first-order valence-corrected chi connectivity index (χ1v) is 7.18. The number of aromatic carboxylic acids is 1. The lowest BCUT2D eigenvalue weighted by molar-refractivity contribution is -0.121. The van der Waals surface area contributed by atoms with Crippen LogP contribution in [-0.4, -0.2) is 35.0 Å². The molecular formula is C16H11ClN2O5. The summed E-state index contributed by atoms with van der Waals surface area (Å²) in [6.45, 7) is 0. The van der Waals surface area contributed by atoms with Crippen molar-refractivity contribution in [2.24, 2.45) is 0 Å². The molecule has 1 saturated heterocycles. The molecule has 1 aromatic heterocycles. The zero-order valence-electron chi connectivity index (χ0n) is 12.4. The highest BCUT2D eigenvalue weighted by Crippen LogP contribution is 2.28. The summed E-state index contributed by atoms with van der Waals surface area (Å²) >= 11 is 5.84. The van der Waals surface area contributed by atoms with Gasteiger partial charge in [0.1, 0.15) is 17.2 Å². The molecular weight excluding hydrogens is 336 g/mol. The molecule has 7 nitrogen and oxygen atoms in total. The predicted molar refractivity (Wildman–Crippen MR) is 85.4 cm³/mol. The normalized spacial score (nSPS) is 15.9. The standard InChI is InChI=1S/C16H11ClN2O5/c1-19-14(20)12(18-16(19)23)7-9-3-5-13(24-9)8-2-4-11(17)10(6-8)15(21)22/h2-7H,1H3,(H,18,23)(H,21,22)/b12-7-. The summed E-state index contributed by atoms with van der Waals surface area (Å²) < 4.78 is 5.59. The summed E-state index contributed by atoms with van der Waals surface area (Å²) in [5.41, 5.74) is 0.594. The van der Waals surface area contributed by atoms with E-state index in [-0.39, 0.29) is 16.3 Å². The molecule has 1 aliphatic rings. The number of imide groups is 1. The van der Waals surface area contributed by atoms with Gasteiger partial charge in [0.2, 0.25) is 0 Å². The minimum Gasteiger partial charge on any atom is -0.478 e. The van der Waals surface area contributed by atoms with E-state index in [9.17, 15) is 14.4 Å². The second-order valence-electron chi connectivity index (χ2n) is 5.05. The minimum atomic E-state index is -1.14. The topological polar surface area (TPSA) is 99.8 Å². The van der Waals surface area contributed by atoms with Gasteiger partial charge in [-0.3, -0.25) is 9.69 Å². The number of carboxylic acids is 1. The number of hydrogen-bond acceptors (Lipinski definition) is 4. The number of nitrogens with one attached hydrogen (secondary N) is 1. The fourth-order valence-corrected chi connectivity index (χ4v) is 2.39. The monoisotopic (exact) mass is 346 g/mol. The summed E-state index contributed by atoms with van der Waals surface area (Å²) in [5, 5.41) is 11.7. The molecule has 0 unspecified atom stereocenters. The summed E-state index contributed by atoms with van der Waals surface area (Å²) in [7, 11) is 1.37. The van der Waals surface area contributed by atoms with E-state index in [0.717, 1.165) is 4.90 Å². The van der Waals surface area contributed by atoms with Crippen molar-refractivity contribution in [3.63, 3.8) is 0 Å². The lowest BCUT2D eigenvalue weighted by atomic mass is 10.1. The second kappa shape index (κ2) is 5.86. The Labute approximate surface area is 141 Å². The molecule has 3 amide bonds. The molecule has 3 rings (SSSR count). The van der Waals surface area contributed by atoms with Gasteiger partial charge >= 0.3 is 12.0 Å². The Morgan fingerprint density at radius 1 is 1.29 bits per heavy atom. The molecule has 1 fully saturated rings. The number of carboxylic acid groups (broad SMARTS) is 1.